The summed E-state index contributed by atoms with van der Waals surface area (Å²) in [7, 11) is 0. The molecule has 154 valence electrons. The molecule has 0 aromatic heterocycles. The Labute approximate surface area is 172 Å². The maximum Gasteiger partial charge on any atom is 0.195 e. The largest absolute Gasteiger partial charge is 0.503 e. The van der Waals surface area contributed by atoms with Crippen LogP contribution in [0.4, 0.5) is 31.5 Å². The summed E-state index contributed by atoms with van der Waals surface area (Å²) in [4.78, 5) is 2.29. The lowest BCUT2D eigenvalue weighted by molar-refractivity contribution is 0.0941. The lowest BCUT2D eigenvalue weighted by Gasteiger charge is -2.38. The SMILES string of the molecule is Oc1c(F)cc2c(c1F)N(c1ccc(N3CCOC[C@@H]3c3ccccc3)cc1)NN2. The minimum absolute atomic E-state index is 0.0372. The van der Waals surface area contributed by atoms with Crippen LogP contribution in [0.2, 0.25) is 0 Å². The Bertz CT molecular complexity index is 1060. The van der Waals surface area contributed by atoms with Crippen molar-refractivity contribution in [1.82, 2.24) is 5.53 Å². The van der Waals surface area contributed by atoms with Crippen LogP contribution >= 0.6 is 0 Å². The predicted molar refractivity (Wildman–Crippen MR) is 111 cm³/mol. The summed E-state index contributed by atoms with van der Waals surface area (Å²) in [6, 6.07) is 19.0. The van der Waals surface area contributed by atoms with Gasteiger partial charge in [0.2, 0.25) is 0 Å². The molecule has 3 N–H and O–H groups in total. The fourth-order valence-corrected chi connectivity index (χ4v) is 3.94. The zero-order valence-corrected chi connectivity index (χ0v) is 16.0. The smallest absolute Gasteiger partial charge is 0.195 e. The molecule has 0 bridgehead atoms. The van der Waals surface area contributed by atoms with Gasteiger partial charge in [-0.1, -0.05) is 30.3 Å². The molecule has 0 aliphatic carbocycles. The van der Waals surface area contributed by atoms with Crippen molar-refractivity contribution in [2.45, 2.75) is 6.04 Å². The second kappa shape index (κ2) is 7.47. The van der Waals surface area contributed by atoms with Crippen LogP contribution in [0.25, 0.3) is 0 Å². The summed E-state index contributed by atoms with van der Waals surface area (Å²) >= 11 is 0. The van der Waals surface area contributed by atoms with E-state index in [0.717, 1.165) is 18.3 Å². The number of hydrogen-bond acceptors (Lipinski definition) is 6. The number of rotatable bonds is 3. The highest BCUT2D eigenvalue weighted by atomic mass is 19.1. The molecule has 6 nitrogen and oxygen atoms in total. The quantitative estimate of drug-likeness (QED) is 0.562. The summed E-state index contributed by atoms with van der Waals surface area (Å²) in [5, 5.41) is 11.1. The number of nitrogens with zero attached hydrogens (tertiary/aromatic N) is 2. The molecule has 5 rings (SSSR count). The van der Waals surface area contributed by atoms with Gasteiger partial charge in [-0.15, -0.1) is 5.53 Å². The third-order valence-corrected chi connectivity index (χ3v) is 5.45. The first-order valence-corrected chi connectivity index (χ1v) is 9.65. The van der Waals surface area contributed by atoms with Crippen molar-refractivity contribution >= 4 is 22.7 Å². The number of hydrazine groups is 2. The standard InChI is InChI=1S/C22H20F2N4O2/c23-17-12-18-21(20(24)22(17)29)28(26-25-18)16-8-6-15(7-9-16)27-10-11-30-13-19(27)14-4-2-1-3-5-14/h1-9,12,19,25-26,29H,10-11,13H2/t19-/m1/s1. The van der Waals surface area contributed by atoms with Crippen LogP contribution in [0.5, 0.6) is 5.75 Å². The van der Waals surface area contributed by atoms with Crippen LogP contribution in [-0.4, -0.2) is 24.9 Å². The maximum absolute atomic E-state index is 14.5. The Morgan fingerprint density at radius 2 is 1.73 bits per heavy atom. The van der Waals surface area contributed by atoms with Gasteiger partial charge in [-0.05, 0) is 29.8 Å². The number of hydrogen-bond donors (Lipinski definition) is 3. The number of ether oxygens (including phenoxy) is 1. The molecule has 8 heteroatoms. The molecule has 2 aliphatic rings. The second-order valence-electron chi connectivity index (χ2n) is 7.20. The lowest BCUT2D eigenvalue weighted by Crippen LogP contribution is -2.39. The van der Waals surface area contributed by atoms with Gasteiger partial charge in [0.05, 0.1) is 30.6 Å². The average Bonchev–Trinajstić information content (AvgIpc) is 3.22. The number of halogens is 2. The number of fused-ring (bicyclic) bond motifs is 1. The Morgan fingerprint density at radius 3 is 2.50 bits per heavy atom. The van der Waals surface area contributed by atoms with Gasteiger partial charge < -0.3 is 20.2 Å². The van der Waals surface area contributed by atoms with Crippen LogP contribution in [0.1, 0.15) is 11.6 Å². The molecule has 0 radical (unpaired) electrons. The summed E-state index contributed by atoms with van der Waals surface area (Å²) in [5.74, 6) is -3.04. The number of anilines is 4. The molecule has 0 unspecified atom stereocenters. The molecule has 1 fully saturated rings. The van der Waals surface area contributed by atoms with Crippen LogP contribution in [0.15, 0.2) is 60.7 Å². The first-order chi connectivity index (χ1) is 14.6. The number of phenolic OH excluding ortho intramolecular Hbond substituents is 1. The van der Waals surface area contributed by atoms with Crippen LogP contribution in [0, 0.1) is 11.6 Å². The minimum atomic E-state index is -1.02. The molecular formula is C22H20F2N4O2. The van der Waals surface area contributed by atoms with Crippen LogP contribution in [0.3, 0.4) is 0 Å². The van der Waals surface area contributed by atoms with Crippen LogP contribution < -0.4 is 20.9 Å². The first-order valence-electron chi connectivity index (χ1n) is 9.65. The van der Waals surface area contributed by atoms with Gasteiger partial charge in [-0.2, -0.15) is 0 Å². The molecule has 30 heavy (non-hydrogen) atoms. The Balaban J connectivity index is 1.44. The highest BCUT2D eigenvalue weighted by Gasteiger charge is 2.29. The monoisotopic (exact) mass is 410 g/mol. The van der Waals surface area contributed by atoms with E-state index in [4.69, 9.17) is 4.74 Å². The number of nitrogens with one attached hydrogen (secondary N) is 2. The topological polar surface area (TPSA) is 60.0 Å². The Hall–Kier alpha value is -3.36. The molecule has 2 heterocycles. The zero-order chi connectivity index (χ0) is 20.7. The number of benzene rings is 3. The van der Waals surface area contributed by atoms with Crippen molar-refractivity contribution in [2.75, 3.05) is 35.1 Å². The highest BCUT2D eigenvalue weighted by molar-refractivity contribution is 5.81. The fourth-order valence-electron chi connectivity index (χ4n) is 3.94. The van der Waals surface area contributed by atoms with E-state index in [1.165, 1.54) is 10.6 Å². The fraction of sp³-hybridized carbons (Fsp3) is 0.182. The molecular weight excluding hydrogens is 390 g/mol. The highest BCUT2D eigenvalue weighted by Crippen LogP contribution is 2.42. The molecule has 3 aromatic carbocycles. The average molecular weight is 410 g/mol. The molecule has 0 spiro atoms. The molecule has 0 amide bonds. The van der Waals surface area contributed by atoms with E-state index < -0.39 is 17.4 Å². The van der Waals surface area contributed by atoms with Gasteiger partial charge in [0, 0.05) is 18.3 Å². The molecule has 1 atom stereocenters. The lowest BCUT2D eigenvalue weighted by atomic mass is 10.0. The molecule has 0 saturated carbocycles. The van der Waals surface area contributed by atoms with Crippen molar-refractivity contribution in [3.63, 3.8) is 0 Å². The second-order valence-corrected chi connectivity index (χ2v) is 7.20. The van der Waals surface area contributed by atoms with E-state index in [2.05, 4.69) is 28.0 Å². The number of morpholine rings is 1. The maximum atomic E-state index is 14.5. The Morgan fingerprint density at radius 1 is 1.00 bits per heavy atom. The molecule has 2 aliphatic heterocycles. The van der Waals surface area contributed by atoms with E-state index in [9.17, 15) is 13.9 Å². The van der Waals surface area contributed by atoms with Crippen molar-refractivity contribution in [3.8, 4) is 5.75 Å². The normalized spacial score (nSPS) is 18.3. The van der Waals surface area contributed by atoms with E-state index in [1.54, 1.807) is 0 Å². The zero-order valence-electron chi connectivity index (χ0n) is 16.0. The van der Waals surface area contributed by atoms with Gasteiger partial charge in [0.15, 0.2) is 17.4 Å². The third-order valence-electron chi connectivity index (χ3n) is 5.45. The van der Waals surface area contributed by atoms with E-state index in [0.29, 0.717) is 18.9 Å². The van der Waals surface area contributed by atoms with Gasteiger partial charge >= 0.3 is 0 Å². The molecule has 1 saturated heterocycles. The summed E-state index contributed by atoms with van der Waals surface area (Å²) in [6.07, 6.45) is 0. The van der Waals surface area contributed by atoms with Crippen molar-refractivity contribution in [2.24, 2.45) is 0 Å². The summed E-state index contributed by atoms with van der Waals surface area (Å²) < 4.78 is 33.8. The summed E-state index contributed by atoms with van der Waals surface area (Å²) in [6.45, 7) is 2.01. The number of aromatic hydroxyl groups is 1. The van der Waals surface area contributed by atoms with E-state index >= 15 is 0 Å². The van der Waals surface area contributed by atoms with Crippen molar-refractivity contribution in [1.29, 1.82) is 0 Å². The summed E-state index contributed by atoms with van der Waals surface area (Å²) in [5.41, 5.74) is 8.61. The van der Waals surface area contributed by atoms with Gasteiger partial charge in [-0.25, -0.2) is 8.78 Å². The van der Waals surface area contributed by atoms with Crippen LogP contribution in [-0.2, 0) is 4.74 Å². The third kappa shape index (κ3) is 3.10. The minimum Gasteiger partial charge on any atom is -0.503 e. The van der Waals surface area contributed by atoms with Gasteiger partial charge in [-0.3, -0.25) is 5.01 Å². The van der Waals surface area contributed by atoms with Crippen molar-refractivity contribution in [3.05, 3.63) is 77.9 Å². The van der Waals surface area contributed by atoms with E-state index in [-0.39, 0.29) is 17.4 Å². The van der Waals surface area contributed by atoms with Gasteiger partial charge in [0.25, 0.3) is 0 Å². The first kappa shape index (κ1) is 18.7. The number of phenols is 1. The van der Waals surface area contributed by atoms with Crippen molar-refractivity contribution < 1.29 is 18.6 Å². The molecule has 3 aromatic rings. The van der Waals surface area contributed by atoms with E-state index in [1.807, 2.05) is 42.5 Å². The predicted octanol–water partition coefficient (Wildman–Crippen LogP) is 4.23. The Kier molecular flexibility index (Phi) is 4.65. The van der Waals surface area contributed by atoms with Gasteiger partial charge in [0.1, 0.15) is 5.69 Å².